The molecule has 11 heteroatoms. The Balaban J connectivity index is 1.86. The number of rotatable bonds is 2. The molecular weight excluding hydrogens is 390 g/mol. The summed E-state index contributed by atoms with van der Waals surface area (Å²) in [6, 6.07) is -0.304. The molecule has 1 saturated carbocycles. The van der Waals surface area contributed by atoms with Crippen LogP contribution in [0, 0.1) is 11.7 Å². The van der Waals surface area contributed by atoms with Crippen molar-refractivity contribution in [3.63, 3.8) is 0 Å². The molecule has 1 N–H and O–H groups in total. The maximum absolute atomic E-state index is 14.2. The van der Waals surface area contributed by atoms with Crippen molar-refractivity contribution in [1.82, 2.24) is 0 Å². The van der Waals surface area contributed by atoms with E-state index in [1.54, 1.807) is 6.92 Å². The molecule has 6 nitrogen and oxygen atoms in total. The summed E-state index contributed by atoms with van der Waals surface area (Å²) in [5.41, 5.74) is -0.212. The molecule has 0 aromatic heterocycles. The standard InChI is InChI=1S/C16H17F4N3O3S/c1-8-6-23(13(7-26-8)16(18,19)20)11-4-10(17)5-12-14(11)21-15(9-2-3-9)22-27(12,24)25/h4-5,8-9,13H,2-3,6-7H2,1H3,(H,21,22)/t8-,13+/m0/s1. The Hall–Kier alpha value is -1.88. The van der Waals surface area contributed by atoms with Crippen LogP contribution in [-0.2, 0) is 14.8 Å². The van der Waals surface area contributed by atoms with Gasteiger partial charge >= 0.3 is 6.18 Å². The van der Waals surface area contributed by atoms with Crippen LogP contribution >= 0.6 is 0 Å². The predicted octanol–water partition coefficient (Wildman–Crippen LogP) is 2.90. The average molecular weight is 407 g/mol. The number of morpholine rings is 1. The van der Waals surface area contributed by atoms with Gasteiger partial charge in [-0.05, 0) is 31.9 Å². The Bertz CT molecular complexity index is 912. The van der Waals surface area contributed by atoms with Gasteiger partial charge in [-0.1, -0.05) is 0 Å². The molecule has 0 unspecified atom stereocenters. The lowest BCUT2D eigenvalue weighted by molar-refractivity contribution is -0.173. The zero-order chi connectivity index (χ0) is 19.6. The fraction of sp³-hybridized carbons (Fsp3) is 0.562. The second kappa shape index (κ2) is 6.06. The molecule has 2 heterocycles. The van der Waals surface area contributed by atoms with E-state index in [0.717, 1.165) is 29.9 Å². The molecule has 0 amide bonds. The van der Waals surface area contributed by atoms with Gasteiger partial charge in [-0.3, -0.25) is 0 Å². The maximum atomic E-state index is 14.2. The first kappa shape index (κ1) is 18.5. The van der Waals surface area contributed by atoms with Gasteiger partial charge in [0.25, 0.3) is 10.0 Å². The van der Waals surface area contributed by atoms with Crippen molar-refractivity contribution in [2.75, 3.05) is 23.4 Å². The minimum Gasteiger partial charge on any atom is -0.374 e. The fourth-order valence-corrected chi connectivity index (χ4v) is 4.55. The Morgan fingerprint density at radius 1 is 1.30 bits per heavy atom. The number of fused-ring (bicyclic) bond motifs is 1. The molecule has 2 fully saturated rings. The molecule has 1 aromatic rings. The van der Waals surface area contributed by atoms with Crippen molar-refractivity contribution >= 4 is 27.2 Å². The van der Waals surface area contributed by atoms with Crippen LogP contribution < -0.4 is 10.2 Å². The molecule has 4 rings (SSSR count). The minimum absolute atomic E-state index is 0.0587. The smallest absolute Gasteiger partial charge is 0.374 e. The molecule has 1 aromatic carbocycles. The summed E-state index contributed by atoms with van der Waals surface area (Å²) in [5, 5.41) is 2.85. The first-order valence-electron chi connectivity index (χ1n) is 8.46. The van der Waals surface area contributed by atoms with Gasteiger partial charge in [0.15, 0.2) is 0 Å². The number of nitrogens with one attached hydrogen (secondary N) is 1. The number of amidine groups is 1. The van der Waals surface area contributed by atoms with Crippen LogP contribution in [0.5, 0.6) is 0 Å². The van der Waals surface area contributed by atoms with Gasteiger partial charge in [0, 0.05) is 12.5 Å². The van der Waals surface area contributed by atoms with Crippen LogP contribution in [0.3, 0.4) is 0 Å². The van der Waals surface area contributed by atoms with Gasteiger partial charge in [-0.15, -0.1) is 4.40 Å². The van der Waals surface area contributed by atoms with E-state index < -0.39 is 45.7 Å². The molecule has 0 bridgehead atoms. The van der Waals surface area contributed by atoms with Crippen molar-refractivity contribution in [2.24, 2.45) is 10.3 Å². The van der Waals surface area contributed by atoms with Gasteiger partial charge in [0.05, 0.1) is 24.1 Å². The van der Waals surface area contributed by atoms with Crippen molar-refractivity contribution in [3.8, 4) is 0 Å². The number of halogens is 4. The van der Waals surface area contributed by atoms with Crippen molar-refractivity contribution < 1.29 is 30.7 Å². The van der Waals surface area contributed by atoms with E-state index in [4.69, 9.17) is 4.74 Å². The van der Waals surface area contributed by atoms with E-state index in [9.17, 15) is 26.0 Å². The molecule has 1 saturated heterocycles. The van der Waals surface area contributed by atoms with Crippen LogP contribution in [0.4, 0.5) is 28.9 Å². The first-order chi connectivity index (χ1) is 12.6. The topological polar surface area (TPSA) is 71.0 Å². The molecule has 2 atom stereocenters. The molecule has 2 aliphatic heterocycles. The minimum atomic E-state index is -4.62. The molecule has 148 valence electrons. The number of alkyl halides is 3. The molecule has 27 heavy (non-hydrogen) atoms. The van der Waals surface area contributed by atoms with Crippen molar-refractivity contribution in [2.45, 2.75) is 43.0 Å². The number of anilines is 2. The first-order valence-corrected chi connectivity index (χ1v) is 9.90. The quantitative estimate of drug-likeness (QED) is 0.764. The SMILES string of the molecule is C[C@H]1CN(c2cc(F)cc3c2NC(C2CC2)=NS3(=O)=O)[C@@H](C(F)(F)F)CO1. The Morgan fingerprint density at radius 3 is 2.63 bits per heavy atom. The second-order valence-electron chi connectivity index (χ2n) is 7.00. The Morgan fingerprint density at radius 2 is 2.00 bits per heavy atom. The van der Waals surface area contributed by atoms with Gasteiger partial charge in [0.1, 0.15) is 22.6 Å². The van der Waals surface area contributed by atoms with E-state index in [-0.39, 0.29) is 29.7 Å². The van der Waals surface area contributed by atoms with Gasteiger partial charge in [-0.2, -0.15) is 21.6 Å². The summed E-state index contributed by atoms with van der Waals surface area (Å²) in [6.07, 6.45) is -3.67. The highest BCUT2D eigenvalue weighted by atomic mass is 32.2. The highest BCUT2D eigenvalue weighted by Crippen LogP contribution is 2.43. The van der Waals surface area contributed by atoms with Gasteiger partial charge in [-0.25, -0.2) is 4.39 Å². The van der Waals surface area contributed by atoms with Crippen LogP contribution in [0.25, 0.3) is 0 Å². The number of hydrogen-bond acceptors (Lipinski definition) is 5. The highest BCUT2D eigenvalue weighted by Gasteiger charge is 2.48. The predicted molar refractivity (Wildman–Crippen MR) is 90.0 cm³/mol. The Labute approximate surface area is 153 Å². The summed E-state index contributed by atoms with van der Waals surface area (Å²) in [7, 11) is -4.20. The zero-order valence-electron chi connectivity index (χ0n) is 14.3. The molecular formula is C16H17F4N3O3S. The van der Waals surface area contributed by atoms with Gasteiger partial charge < -0.3 is 15.0 Å². The summed E-state index contributed by atoms with van der Waals surface area (Å²) in [5.74, 6) is -0.827. The van der Waals surface area contributed by atoms with E-state index in [2.05, 4.69) is 9.71 Å². The highest BCUT2D eigenvalue weighted by molar-refractivity contribution is 7.90. The lowest BCUT2D eigenvalue weighted by Crippen LogP contribution is -2.56. The summed E-state index contributed by atoms with van der Waals surface area (Å²) in [6.45, 7) is 0.830. The maximum Gasteiger partial charge on any atom is 0.411 e. The van der Waals surface area contributed by atoms with Crippen LogP contribution in [-0.4, -0.2) is 45.7 Å². The van der Waals surface area contributed by atoms with Crippen molar-refractivity contribution in [3.05, 3.63) is 17.9 Å². The monoisotopic (exact) mass is 407 g/mol. The zero-order valence-corrected chi connectivity index (χ0v) is 15.1. The van der Waals surface area contributed by atoms with Crippen molar-refractivity contribution in [1.29, 1.82) is 0 Å². The van der Waals surface area contributed by atoms with E-state index in [1.807, 2.05) is 0 Å². The summed E-state index contributed by atoms with van der Waals surface area (Å²) < 4.78 is 88.5. The second-order valence-corrected chi connectivity index (χ2v) is 8.58. The van der Waals surface area contributed by atoms with E-state index >= 15 is 0 Å². The molecule has 0 spiro atoms. The third kappa shape index (κ3) is 3.38. The van der Waals surface area contributed by atoms with E-state index in [1.165, 1.54) is 0 Å². The molecule has 3 aliphatic rings. The third-order valence-electron chi connectivity index (χ3n) is 4.82. The van der Waals surface area contributed by atoms with Gasteiger partial charge in [0.2, 0.25) is 0 Å². The summed E-state index contributed by atoms with van der Waals surface area (Å²) in [4.78, 5) is 0.510. The largest absolute Gasteiger partial charge is 0.411 e. The number of sulfonamides is 1. The molecule has 1 aliphatic carbocycles. The number of ether oxygens (including phenoxy) is 1. The number of nitrogens with zero attached hydrogens (tertiary/aromatic N) is 2. The third-order valence-corrected chi connectivity index (χ3v) is 6.13. The van der Waals surface area contributed by atoms with Crippen LogP contribution in [0.2, 0.25) is 0 Å². The lowest BCUT2D eigenvalue weighted by atomic mass is 10.1. The number of benzene rings is 1. The van der Waals surface area contributed by atoms with E-state index in [0.29, 0.717) is 0 Å². The van der Waals surface area contributed by atoms with Crippen LogP contribution in [0.15, 0.2) is 21.4 Å². The number of hydrogen-bond donors (Lipinski definition) is 1. The summed E-state index contributed by atoms with van der Waals surface area (Å²) >= 11 is 0. The normalized spacial score (nSPS) is 27.6. The average Bonchev–Trinajstić information content (AvgIpc) is 3.38. The fourth-order valence-electron chi connectivity index (χ4n) is 3.33. The van der Waals surface area contributed by atoms with Crippen LogP contribution in [0.1, 0.15) is 19.8 Å². The molecule has 0 radical (unpaired) electrons. The Kier molecular flexibility index (Phi) is 4.15. The lowest BCUT2D eigenvalue weighted by Gasteiger charge is -2.42.